The average molecular weight is 240 g/mol. The van der Waals surface area contributed by atoms with Gasteiger partial charge in [0, 0.05) is 12.7 Å². The van der Waals surface area contributed by atoms with Crippen LogP contribution in [0.4, 0.5) is 22.0 Å². The van der Waals surface area contributed by atoms with Crippen LogP contribution in [0.25, 0.3) is 0 Å². The number of pyridine rings is 1. The largest absolute Gasteiger partial charge is 0.433 e. The van der Waals surface area contributed by atoms with Crippen LogP contribution in [0.1, 0.15) is 11.3 Å². The molecule has 1 aromatic heterocycles. The summed E-state index contributed by atoms with van der Waals surface area (Å²) in [5.41, 5.74) is -0.571. The summed E-state index contributed by atoms with van der Waals surface area (Å²) in [4.78, 5) is 3.20. The molecule has 0 aliphatic carbocycles. The summed E-state index contributed by atoms with van der Waals surface area (Å²) in [5, 5.41) is 2.39. The molecule has 0 aliphatic heterocycles. The fraction of sp³-hybridized carbons (Fsp3) is 0.444. The molecule has 0 bridgehead atoms. The zero-order valence-electron chi connectivity index (χ0n) is 8.06. The Morgan fingerprint density at radius 3 is 2.38 bits per heavy atom. The molecule has 1 N–H and O–H groups in total. The lowest BCUT2D eigenvalue weighted by atomic mass is 10.2. The van der Waals surface area contributed by atoms with Crippen molar-refractivity contribution in [1.82, 2.24) is 10.3 Å². The van der Waals surface area contributed by atoms with E-state index >= 15 is 0 Å². The van der Waals surface area contributed by atoms with Crippen LogP contribution in [0.15, 0.2) is 18.3 Å². The van der Waals surface area contributed by atoms with Gasteiger partial charge in [-0.1, -0.05) is 6.07 Å². The molecule has 0 amide bonds. The molecule has 0 fully saturated rings. The second-order valence-corrected chi connectivity index (χ2v) is 3.07. The second kappa shape index (κ2) is 5.20. The van der Waals surface area contributed by atoms with E-state index < -0.39 is 24.8 Å². The lowest BCUT2D eigenvalue weighted by Gasteiger charge is -2.07. The Labute approximate surface area is 88.5 Å². The Morgan fingerprint density at radius 2 is 1.94 bits per heavy atom. The molecule has 0 saturated carbocycles. The smallest absolute Gasteiger partial charge is 0.307 e. The Morgan fingerprint density at radius 1 is 1.25 bits per heavy atom. The van der Waals surface area contributed by atoms with Crippen molar-refractivity contribution in [2.75, 3.05) is 6.54 Å². The lowest BCUT2D eigenvalue weighted by molar-refractivity contribution is -0.141. The second-order valence-electron chi connectivity index (χ2n) is 3.07. The highest BCUT2D eigenvalue weighted by Crippen LogP contribution is 2.27. The van der Waals surface area contributed by atoms with E-state index in [1.165, 1.54) is 6.07 Å². The zero-order chi connectivity index (χ0) is 12.2. The maximum absolute atomic E-state index is 12.1. The number of aromatic nitrogens is 1. The molecule has 0 saturated heterocycles. The predicted molar refractivity (Wildman–Crippen MR) is 46.9 cm³/mol. The minimum atomic E-state index is -4.48. The van der Waals surface area contributed by atoms with Gasteiger partial charge in [-0.3, -0.25) is 4.98 Å². The molecule has 0 unspecified atom stereocenters. The molecule has 2 nitrogen and oxygen atoms in total. The van der Waals surface area contributed by atoms with E-state index in [1.807, 2.05) is 0 Å². The third-order valence-corrected chi connectivity index (χ3v) is 1.74. The van der Waals surface area contributed by atoms with E-state index in [-0.39, 0.29) is 6.54 Å². The van der Waals surface area contributed by atoms with Crippen LogP contribution in [-0.2, 0) is 12.7 Å². The van der Waals surface area contributed by atoms with E-state index in [2.05, 4.69) is 10.3 Å². The highest BCUT2D eigenvalue weighted by atomic mass is 19.4. The number of nitrogens with one attached hydrogen (secondary N) is 1. The Balaban J connectivity index is 2.52. The zero-order valence-corrected chi connectivity index (χ0v) is 8.06. The monoisotopic (exact) mass is 240 g/mol. The molecule has 0 aliphatic rings. The number of halogens is 5. The molecular weight excluding hydrogens is 231 g/mol. The van der Waals surface area contributed by atoms with Crippen molar-refractivity contribution in [3.63, 3.8) is 0 Å². The maximum atomic E-state index is 12.1. The van der Waals surface area contributed by atoms with E-state index in [4.69, 9.17) is 0 Å². The quantitative estimate of drug-likeness (QED) is 0.818. The Hall–Kier alpha value is -1.24. The van der Waals surface area contributed by atoms with Gasteiger partial charge in [0.1, 0.15) is 5.69 Å². The number of hydrogen-bond acceptors (Lipinski definition) is 2. The molecule has 0 atom stereocenters. The van der Waals surface area contributed by atoms with Crippen LogP contribution in [0.3, 0.4) is 0 Å². The van der Waals surface area contributed by atoms with Crippen molar-refractivity contribution in [2.24, 2.45) is 0 Å². The van der Waals surface area contributed by atoms with Gasteiger partial charge in [-0.05, 0) is 11.6 Å². The molecule has 1 aromatic rings. The fourth-order valence-corrected chi connectivity index (χ4v) is 1.02. The van der Waals surface area contributed by atoms with E-state index in [9.17, 15) is 22.0 Å². The van der Waals surface area contributed by atoms with E-state index in [0.29, 0.717) is 5.56 Å². The normalized spacial score (nSPS) is 12.1. The number of rotatable bonds is 4. The van der Waals surface area contributed by atoms with Crippen LogP contribution >= 0.6 is 0 Å². The molecule has 0 spiro atoms. The Bertz CT molecular complexity index is 320. The third kappa shape index (κ3) is 4.09. The van der Waals surface area contributed by atoms with Gasteiger partial charge >= 0.3 is 6.18 Å². The predicted octanol–water partition coefficient (Wildman–Crippen LogP) is 2.46. The standard InChI is InChI=1S/C9H9F5N2/c10-8(11)5-15-3-6-1-2-7(16-4-6)9(12,13)14/h1-2,4,8,15H,3,5H2. The molecule has 1 heterocycles. The molecule has 0 aromatic carbocycles. The van der Waals surface area contributed by atoms with Gasteiger partial charge in [-0.25, -0.2) is 8.78 Å². The third-order valence-electron chi connectivity index (χ3n) is 1.74. The molecule has 16 heavy (non-hydrogen) atoms. The van der Waals surface area contributed by atoms with Gasteiger partial charge in [0.2, 0.25) is 0 Å². The lowest BCUT2D eigenvalue weighted by Crippen LogP contribution is -2.20. The minimum Gasteiger partial charge on any atom is -0.307 e. The topological polar surface area (TPSA) is 24.9 Å². The van der Waals surface area contributed by atoms with E-state index in [1.54, 1.807) is 0 Å². The van der Waals surface area contributed by atoms with Gasteiger partial charge in [0.05, 0.1) is 6.54 Å². The van der Waals surface area contributed by atoms with E-state index in [0.717, 1.165) is 12.3 Å². The van der Waals surface area contributed by atoms with Gasteiger partial charge < -0.3 is 5.32 Å². The Kier molecular flexibility index (Phi) is 4.17. The first-order chi connectivity index (χ1) is 7.39. The van der Waals surface area contributed by atoms with Gasteiger partial charge in [-0.2, -0.15) is 13.2 Å². The van der Waals surface area contributed by atoms with Crippen LogP contribution in [0.5, 0.6) is 0 Å². The fourth-order valence-electron chi connectivity index (χ4n) is 1.02. The number of hydrogen-bond donors (Lipinski definition) is 1. The van der Waals surface area contributed by atoms with Crippen LogP contribution < -0.4 is 5.32 Å². The molecule has 90 valence electrons. The van der Waals surface area contributed by atoms with Gasteiger partial charge in [0.15, 0.2) is 0 Å². The summed E-state index contributed by atoms with van der Waals surface area (Å²) in [6.07, 6.45) is -5.95. The number of nitrogens with zero attached hydrogens (tertiary/aromatic N) is 1. The SMILES string of the molecule is FC(F)CNCc1ccc(C(F)(F)F)nc1. The van der Waals surface area contributed by atoms with Crippen molar-refractivity contribution < 1.29 is 22.0 Å². The molecule has 7 heteroatoms. The first kappa shape index (κ1) is 12.8. The summed E-state index contributed by atoms with van der Waals surface area (Å²) < 4.78 is 59.8. The average Bonchev–Trinajstić information content (AvgIpc) is 2.16. The first-order valence-electron chi connectivity index (χ1n) is 4.40. The van der Waals surface area contributed by atoms with Crippen LogP contribution in [0, 0.1) is 0 Å². The van der Waals surface area contributed by atoms with Crippen LogP contribution in [-0.4, -0.2) is 18.0 Å². The van der Waals surface area contributed by atoms with Gasteiger partial charge in [0.25, 0.3) is 6.43 Å². The molecular formula is C9H9F5N2. The summed E-state index contributed by atoms with van der Waals surface area (Å²) >= 11 is 0. The van der Waals surface area contributed by atoms with Crippen molar-refractivity contribution >= 4 is 0 Å². The summed E-state index contributed by atoms with van der Waals surface area (Å²) in [6, 6.07) is 2.02. The van der Waals surface area contributed by atoms with Crippen molar-refractivity contribution in [1.29, 1.82) is 0 Å². The highest BCUT2D eigenvalue weighted by Gasteiger charge is 2.31. The molecule has 1 rings (SSSR count). The number of alkyl halides is 5. The summed E-state index contributed by atoms with van der Waals surface area (Å²) in [7, 11) is 0. The van der Waals surface area contributed by atoms with Crippen LogP contribution in [0.2, 0.25) is 0 Å². The molecule has 0 radical (unpaired) electrons. The van der Waals surface area contributed by atoms with Gasteiger partial charge in [-0.15, -0.1) is 0 Å². The summed E-state index contributed by atoms with van der Waals surface area (Å²) in [6.45, 7) is -0.434. The summed E-state index contributed by atoms with van der Waals surface area (Å²) in [5.74, 6) is 0. The van der Waals surface area contributed by atoms with Crippen molar-refractivity contribution in [3.8, 4) is 0 Å². The minimum absolute atomic E-state index is 0.0650. The first-order valence-corrected chi connectivity index (χ1v) is 4.40. The van der Waals surface area contributed by atoms with Crippen molar-refractivity contribution in [2.45, 2.75) is 19.1 Å². The maximum Gasteiger partial charge on any atom is 0.433 e. The van der Waals surface area contributed by atoms with Crippen molar-refractivity contribution in [3.05, 3.63) is 29.6 Å². The highest BCUT2D eigenvalue weighted by molar-refractivity contribution is 5.15.